The third-order valence-electron chi connectivity index (χ3n) is 3.64. The number of benzene rings is 2. The molecule has 5 heteroatoms. The van der Waals surface area contributed by atoms with Crippen molar-refractivity contribution in [3.63, 3.8) is 0 Å². The van der Waals surface area contributed by atoms with Crippen molar-refractivity contribution in [2.45, 2.75) is 12.8 Å². The molecule has 0 aliphatic carbocycles. The van der Waals surface area contributed by atoms with Gasteiger partial charge in [0.15, 0.2) is 0 Å². The van der Waals surface area contributed by atoms with Gasteiger partial charge in [-0.3, -0.25) is 4.79 Å². The monoisotopic (exact) mass is 334 g/mol. The average Bonchev–Trinajstić information content (AvgIpc) is 2.59. The first-order valence-electron chi connectivity index (χ1n) is 7.61. The van der Waals surface area contributed by atoms with Crippen LogP contribution in [0.5, 0.6) is 5.75 Å². The van der Waals surface area contributed by atoms with Crippen LogP contribution in [0.4, 0.5) is 0 Å². The lowest BCUT2D eigenvalue weighted by Gasteiger charge is -1.99. The third-order valence-corrected chi connectivity index (χ3v) is 3.64. The average molecular weight is 334 g/mol. The van der Waals surface area contributed by atoms with Gasteiger partial charge in [0.05, 0.1) is 0 Å². The minimum absolute atomic E-state index is 0.0254. The van der Waals surface area contributed by atoms with Gasteiger partial charge < -0.3 is 14.6 Å². The first-order valence-corrected chi connectivity index (χ1v) is 7.61. The van der Waals surface area contributed by atoms with Crippen molar-refractivity contribution in [1.82, 2.24) is 0 Å². The van der Waals surface area contributed by atoms with Crippen molar-refractivity contribution < 1.29 is 19.4 Å². The van der Waals surface area contributed by atoms with E-state index in [9.17, 15) is 14.7 Å². The number of rotatable bonds is 3. The molecule has 3 aromatic rings. The quantitative estimate of drug-likeness (QED) is 0.568. The maximum Gasteiger partial charge on any atom is 0.352 e. The number of phenols is 1. The summed E-state index contributed by atoms with van der Waals surface area (Å²) in [5.41, 5.74) is 1.59. The van der Waals surface area contributed by atoms with E-state index in [1.807, 2.05) is 12.1 Å². The number of aromatic hydroxyl groups is 1. The number of aryl methyl sites for hydroxylation is 1. The topological polar surface area (TPSA) is 87.7 Å². The highest BCUT2D eigenvalue weighted by Crippen LogP contribution is 2.19. The molecule has 5 nitrogen and oxygen atoms in total. The van der Waals surface area contributed by atoms with Gasteiger partial charge in [-0.2, -0.15) is 0 Å². The number of fused-ring (bicyclic) bond motifs is 1. The molecule has 1 aromatic heterocycles. The Kier molecular flexibility index (Phi) is 4.53. The van der Waals surface area contributed by atoms with Crippen molar-refractivity contribution in [2.24, 2.45) is 0 Å². The van der Waals surface area contributed by atoms with E-state index in [1.54, 1.807) is 24.3 Å². The zero-order valence-electron chi connectivity index (χ0n) is 13.2. The maximum atomic E-state index is 12.0. The number of carbonyl (C=O) groups is 1. The van der Waals surface area contributed by atoms with Crippen molar-refractivity contribution >= 4 is 16.9 Å². The summed E-state index contributed by atoms with van der Waals surface area (Å²) in [7, 11) is 0. The van der Waals surface area contributed by atoms with E-state index in [4.69, 9.17) is 9.52 Å². The molecule has 2 aromatic carbocycles. The second-order valence-corrected chi connectivity index (χ2v) is 5.51. The highest BCUT2D eigenvalue weighted by Gasteiger charge is 2.04. The molecule has 25 heavy (non-hydrogen) atoms. The summed E-state index contributed by atoms with van der Waals surface area (Å²) in [4.78, 5) is 22.5. The summed E-state index contributed by atoms with van der Waals surface area (Å²) in [5, 5.41) is 18.8. The van der Waals surface area contributed by atoms with Crippen LogP contribution in [0, 0.1) is 11.8 Å². The molecule has 0 saturated heterocycles. The predicted molar refractivity (Wildman–Crippen MR) is 92.5 cm³/mol. The Hall–Kier alpha value is -3.52. The van der Waals surface area contributed by atoms with Crippen molar-refractivity contribution in [2.75, 3.05) is 0 Å². The lowest BCUT2D eigenvalue weighted by Crippen LogP contribution is -2.03. The van der Waals surface area contributed by atoms with Crippen LogP contribution in [0.2, 0.25) is 0 Å². The molecule has 3 rings (SSSR count). The van der Waals surface area contributed by atoms with E-state index < -0.39 is 11.6 Å². The summed E-state index contributed by atoms with van der Waals surface area (Å²) >= 11 is 0. The molecule has 0 unspecified atom stereocenters. The van der Waals surface area contributed by atoms with E-state index in [1.165, 1.54) is 12.1 Å². The van der Waals surface area contributed by atoms with Crippen molar-refractivity contribution in [1.29, 1.82) is 0 Å². The summed E-state index contributed by atoms with van der Waals surface area (Å²) in [6.45, 7) is 0. The third kappa shape index (κ3) is 4.06. The van der Waals surface area contributed by atoms with Crippen LogP contribution in [0.3, 0.4) is 0 Å². The van der Waals surface area contributed by atoms with Crippen molar-refractivity contribution in [3.8, 4) is 17.6 Å². The second kappa shape index (κ2) is 6.93. The standard InChI is InChI=1S/C20H14O5/c21-17-9-8-15-11-16(20(24)25-18(15)12-17)7-5-13-1-3-14(4-2-13)6-10-19(22)23/h1-4,8-9,11-12,21H,6,10H2,(H,22,23). The van der Waals surface area contributed by atoms with Gasteiger partial charge in [-0.15, -0.1) is 0 Å². The fourth-order valence-corrected chi connectivity index (χ4v) is 2.33. The Bertz CT molecular complexity index is 1050. The normalized spacial score (nSPS) is 10.2. The fraction of sp³-hybridized carbons (Fsp3) is 0.100. The van der Waals surface area contributed by atoms with Crippen LogP contribution in [-0.2, 0) is 11.2 Å². The highest BCUT2D eigenvalue weighted by molar-refractivity contribution is 5.79. The van der Waals surface area contributed by atoms with Gasteiger partial charge in [0.25, 0.3) is 0 Å². The number of phenolic OH excluding ortho intramolecular Hbond substituents is 1. The number of carboxylic acid groups (broad SMARTS) is 1. The molecule has 0 aliphatic heterocycles. The maximum absolute atomic E-state index is 12.0. The molecule has 0 spiro atoms. The van der Waals surface area contributed by atoms with E-state index in [0.717, 1.165) is 5.56 Å². The van der Waals surface area contributed by atoms with Gasteiger partial charge in [0.2, 0.25) is 0 Å². The molecule has 0 atom stereocenters. The Morgan fingerprint density at radius 2 is 1.80 bits per heavy atom. The smallest absolute Gasteiger partial charge is 0.352 e. The Balaban J connectivity index is 1.84. The van der Waals surface area contributed by atoms with Crippen LogP contribution in [0.25, 0.3) is 11.0 Å². The fourth-order valence-electron chi connectivity index (χ4n) is 2.33. The molecule has 0 aliphatic rings. The lowest BCUT2D eigenvalue weighted by atomic mass is 10.1. The van der Waals surface area contributed by atoms with Crippen LogP contribution in [0.15, 0.2) is 57.7 Å². The zero-order valence-corrected chi connectivity index (χ0v) is 13.2. The molecule has 2 N–H and O–H groups in total. The van der Waals surface area contributed by atoms with E-state index in [-0.39, 0.29) is 17.7 Å². The molecule has 0 bridgehead atoms. The van der Waals surface area contributed by atoms with Gasteiger partial charge in [-0.25, -0.2) is 4.79 Å². The Labute approximate surface area is 143 Å². The van der Waals surface area contributed by atoms with Crippen LogP contribution >= 0.6 is 0 Å². The summed E-state index contributed by atoms with van der Waals surface area (Å²) in [6.07, 6.45) is 0.545. The van der Waals surface area contributed by atoms with Gasteiger partial charge >= 0.3 is 11.6 Å². The Morgan fingerprint density at radius 3 is 2.52 bits per heavy atom. The highest BCUT2D eigenvalue weighted by atomic mass is 16.4. The van der Waals surface area contributed by atoms with E-state index in [0.29, 0.717) is 23.0 Å². The first-order chi connectivity index (χ1) is 12.0. The largest absolute Gasteiger partial charge is 0.508 e. The van der Waals surface area contributed by atoms with Gasteiger partial charge in [-0.1, -0.05) is 24.0 Å². The summed E-state index contributed by atoms with van der Waals surface area (Å²) < 4.78 is 5.16. The van der Waals surface area contributed by atoms with E-state index in [2.05, 4.69) is 11.8 Å². The van der Waals surface area contributed by atoms with Gasteiger partial charge in [-0.05, 0) is 42.3 Å². The second-order valence-electron chi connectivity index (χ2n) is 5.51. The van der Waals surface area contributed by atoms with Gasteiger partial charge in [0.1, 0.15) is 16.9 Å². The number of aliphatic carboxylic acids is 1. The molecule has 0 radical (unpaired) electrons. The molecular weight excluding hydrogens is 320 g/mol. The number of carboxylic acids is 1. The Morgan fingerprint density at radius 1 is 1.04 bits per heavy atom. The minimum atomic E-state index is -0.833. The van der Waals surface area contributed by atoms with Crippen LogP contribution in [0.1, 0.15) is 23.1 Å². The summed E-state index contributed by atoms with van der Waals surface area (Å²) in [5.74, 6) is 4.88. The zero-order chi connectivity index (χ0) is 17.8. The molecule has 124 valence electrons. The lowest BCUT2D eigenvalue weighted by molar-refractivity contribution is -0.136. The number of hydrogen-bond donors (Lipinski definition) is 2. The first kappa shape index (κ1) is 16.3. The van der Waals surface area contributed by atoms with Gasteiger partial charge in [0, 0.05) is 23.4 Å². The SMILES string of the molecule is O=C(O)CCc1ccc(C#Cc2cc3ccc(O)cc3oc2=O)cc1. The van der Waals surface area contributed by atoms with Crippen LogP contribution < -0.4 is 5.63 Å². The molecule has 0 fully saturated rings. The van der Waals surface area contributed by atoms with E-state index >= 15 is 0 Å². The predicted octanol–water partition coefficient (Wildman–Crippen LogP) is 2.92. The van der Waals surface area contributed by atoms with Crippen LogP contribution in [-0.4, -0.2) is 16.2 Å². The number of hydrogen-bond acceptors (Lipinski definition) is 4. The minimum Gasteiger partial charge on any atom is -0.508 e. The molecule has 1 heterocycles. The molecule has 0 amide bonds. The molecular formula is C20H14O5. The molecule has 0 saturated carbocycles. The van der Waals surface area contributed by atoms with Crippen molar-refractivity contribution in [3.05, 3.63) is 75.6 Å². The summed E-state index contributed by atoms with van der Waals surface area (Å²) in [6, 6.07) is 13.4.